The second-order valence-electron chi connectivity index (χ2n) is 4.74. The van der Waals surface area contributed by atoms with Gasteiger partial charge in [0.05, 0.1) is 18.1 Å². The second-order valence-corrected chi connectivity index (χ2v) is 4.74. The summed E-state index contributed by atoms with van der Waals surface area (Å²) in [5.41, 5.74) is 0. The van der Waals surface area contributed by atoms with E-state index in [4.69, 9.17) is 5.26 Å². The molecule has 0 amide bonds. The van der Waals surface area contributed by atoms with E-state index in [9.17, 15) is 5.11 Å². The van der Waals surface area contributed by atoms with E-state index < -0.39 is 0 Å². The van der Waals surface area contributed by atoms with Crippen molar-refractivity contribution in [3.05, 3.63) is 0 Å². The van der Waals surface area contributed by atoms with Crippen LogP contribution in [0.2, 0.25) is 0 Å². The van der Waals surface area contributed by atoms with E-state index in [1.54, 1.807) is 0 Å². The fourth-order valence-electron chi connectivity index (χ4n) is 2.90. The van der Waals surface area contributed by atoms with Gasteiger partial charge in [-0.05, 0) is 32.6 Å². The molecule has 0 aliphatic carbocycles. The highest BCUT2D eigenvalue weighted by atomic mass is 16.3. The molecule has 0 saturated carbocycles. The topological polar surface area (TPSA) is 47.3 Å². The summed E-state index contributed by atoms with van der Waals surface area (Å²) in [6.07, 6.45) is 4.14. The van der Waals surface area contributed by atoms with Crippen molar-refractivity contribution in [1.29, 1.82) is 5.26 Å². The van der Waals surface area contributed by atoms with Gasteiger partial charge in [-0.2, -0.15) is 5.26 Å². The predicted molar refractivity (Wildman–Crippen MR) is 53.5 cm³/mol. The molecule has 3 heteroatoms. The van der Waals surface area contributed by atoms with E-state index in [1.807, 2.05) is 6.92 Å². The smallest absolute Gasteiger partial charge is 0.0666 e. The molecule has 0 aromatic heterocycles. The molecule has 0 aromatic carbocycles. The molecule has 2 aliphatic heterocycles. The lowest BCUT2D eigenvalue weighted by atomic mass is 9.98. The molecule has 1 N–H and O–H groups in total. The molecule has 2 rings (SSSR count). The van der Waals surface area contributed by atoms with Crippen LogP contribution in [0.5, 0.6) is 0 Å². The summed E-state index contributed by atoms with van der Waals surface area (Å²) >= 11 is 0. The van der Waals surface area contributed by atoms with E-state index in [0.717, 1.165) is 19.4 Å². The van der Waals surface area contributed by atoms with Crippen LogP contribution in [0.25, 0.3) is 0 Å². The molecule has 2 fully saturated rings. The van der Waals surface area contributed by atoms with Crippen molar-refractivity contribution in [2.24, 2.45) is 5.92 Å². The number of hydrogen-bond acceptors (Lipinski definition) is 3. The molecule has 3 nitrogen and oxygen atoms in total. The average Bonchev–Trinajstić information content (AvgIpc) is 2.41. The Hall–Kier alpha value is -0.590. The summed E-state index contributed by atoms with van der Waals surface area (Å²) in [5.74, 6) is 0.119. The van der Waals surface area contributed by atoms with Gasteiger partial charge in [0.1, 0.15) is 0 Å². The molecule has 3 atom stereocenters. The van der Waals surface area contributed by atoms with Crippen LogP contribution in [-0.4, -0.2) is 34.7 Å². The molecule has 0 spiro atoms. The molecule has 2 heterocycles. The Bertz CT molecular complexity index is 234. The second kappa shape index (κ2) is 3.88. The normalized spacial score (nSPS) is 39.4. The van der Waals surface area contributed by atoms with Crippen molar-refractivity contribution in [3.8, 4) is 6.07 Å². The molecular weight excluding hydrogens is 176 g/mol. The van der Waals surface area contributed by atoms with E-state index in [0.29, 0.717) is 12.1 Å². The van der Waals surface area contributed by atoms with Crippen LogP contribution < -0.4 is 0 Å². The van der Waals surface area contributed by atoms with E-state index >= 15 is 0 Å². The SMILES string of the molecule is CC(C#N)CN1C2CCC1CC(O)C2. The van der Waals surface area contributed by atoms with Gasteiger partial charge in [-0.15, -0.1) is 0 Å². The first-order valence-electron chi connectivity index (χ1n) is 5.54. The van der Waals surface area contributed by atoms with E-state index in [-0.39, 0.29) is 12.0 Å². The Morgan fingerprint density at radius 3 is 2.50 bits per heavy atom. The Kier molecular flexibility index (Phi) is 2.76. The van der Waals surface area contributed by atoms with Gasteiger partial charge in [0, 0.05) is 18.6 Å². The zero-order chi connectivity index (χ0) is 10.1. The summed E-state index contributed by atoms with van der Waals surface area (Å²) in [6, 6.07) is 3.37. The molecule has 14 heavy (non-hydrogen) atoms. The van der Waals surface area contributed by atoms with Crippen LogP contribution in [0.4, 0.5) is 0 Å². The summed E-state index contributed by atoms with van der Waals surface area (Å²) < 4.78 is 0. The van der Waals surface area contributed by atoms with Gasteiger partial charge >= 0.3 is 0 Å². The predicted octanol–water partition coefficient (Wildman–Crippen LogP) is 1.13. The Morgan fingerprint density at radius 2 is 2.00 bits per heavy atom. The van der Waals surface area contributed by atoms with Crippen LogP contribution in [-0.2, 0) is 0 Å². The van der Waals surface area contributed by atoms with Crippen molar-refractivity contribution in [3.63, 3.8) is 0 Å². The quantitative estimate of drug-likeness (QED) is 0.717. The third-order valence-electron chi connectivity index (χ3n) is 3.56. The lowest BCUT2D eigenvalue weighted by Crippen LogP contribution is -2.46. The fourth-order valence-corrected chi connectivity index (χ4v) is 2.90. The van der Waals surface area contributed by atoms with Gasteiger partial charge in [-0.25, -0.2) is 0 Å². The Labute approximate surface area is 85.3 Å². The molecule has 0 radical (unpaired) electrons. The van der Waals surface area contributed by atoms with Crippen LogP contribution in [0, 0.1) is 17.2 Å². The lowest BCUT2D eigenvalue weighted by Gasteiger charge is -2.37. The van der Waals surface area contributed by atoms with Gasteiger partial charge in [0.25, 0.3) is 0 Å². The highest BCUT2D eigenvalue weighted by Crippen LogP contribution is 2.35. The van der Waals surface area contributed by atoms with Gasteiger partial charge in [-0.3, -0.25) is 4.90 Å². The van der Waals surface area contributed by atoms with Crippen LogP contribution in [0.15, 0.2) is 0 Å². The van der Waals surface area contributed by atoms with E-state index in [2.05, 4.69) is 11.0 Å². The first-order chi connectivity index (χ1) is 6.70. The molecule has 3 unspecified atom stereocenters. The summed E-state index contributed by atoms with van der Waals surface area (Å²) in [7, 11) is 0. The number of piperidine rings is 1. The number of nitrogens with zero attached hydrogens (tertiary/aromatic N) is 2. The first kappa shape index (κ1) is 9.95. The minimum absolute atomic E-state index is 0.0962. The average molecular weight is 194 g/mol. The van der Waals surface area contributed by atoms with Crippen molar-refractivity contribution in [1.82, 2.24) is 4.90 Å². The number of hydrogen-bond donors (Lipinski definition) is 1. The van der Waals surface area contributed by atoms with Crippen molar-refractivity contribution in [2.45, 2.75) is 50.8 Å². The molecular formula is C11H18N2O. The van der Waals surface area contributed by atoms with Crippen LogP contribution in [0.1, 0.15) is 32.6 Å². The molecule has 2 aliphatic rings. The number of rotatable bonds is 2. The van der Waals surface area contributed by atoms with Crippen LogP contribution in [0.3, 0.4) is 0 Å². The van der Waals surface area contributed by atoms with Gasteiger partial charge < -0.3 is 5.11 Å². The Balaban J connectivity index is 1.98. The van der Waals surface area contributed by atoms with Gasteiger partial charge in [0.15, 0.2) is 0 Å². The van der Waals surface area contributed by atoms with E-state index in [1.165, 1.54) is 12.8 Å². The van der Waals surface area contributed by atoms with Crippen molar-refractivity contribution >= 4 is 0 Å². The third kappa shape index (κ3) is 1.77. The summed E-state index contributed by atoms with van der Waals surface area (Å²) in [6.45, 7) is 2.86. The van der Waals surface area contributed by atoms with Gasteiger partial charge in [0.2, 0.25) is 0 Å². The third-order valence-corrected chi connectivity index (χ3v) is 3.56. The fraction of sp³-hybridized carbons (Fsp3) is 0.909. The molecule has 0 aromatic rings. The maximum absolute atomic E-state index is 9.61. The highest BCUT2D eigenvalue weighted by molar-refractivity contribution is 4.97. The molecule has 2 saturated heterocycles. The maximum atomic E-state index is 9.61. The minimum Gasteiger partial charge on any atom is -0.393 e. The number of aliphatic hydroxyl groups excluding tert-OH is 1. The zero-order valence-electron chi connectivity index (χ0n) is 8.69. The highest BCUT2D eigenvalue weighted by Gasteiger charge is 2.40. The number of fused-ring (bicyclic) bond motifs is 2. The minimum atomic E-state index is -0.0962. The summed E-state index contributed by atoms with van der Waals surface area (Å²) in [4.78, 5) is 2.45. The maximum Gasteiger partial charge on any atom is 0.0666 e. The lowest BCUT2D eigenvalue weighted by molar-refractivity contribution is 0.0316. The summed E-state index contributed by atoms with van der Waals surface area (Å²) in [5, 5.41) is 18.4. The number of aliphatic hydroxyl groups is 1. The number of nitriles is 1. The molecule has 78 valence electrons. The largest absolute Gasteiger partial charge is 0.393 e. The Morgan fingerprint density at radius 1 is 1.43 bits per heavy atom. The molecule has 2 bridgehead atoms. The van der Waals surface area contributed by atoms with Crippen molar-refractivity contribution < 1.29 is 5.11 Å². The first-order valence-corrected chi connectivity index (χ1v) is 5.54. The van der Waals surface area contributed by atoms with Gasteiger partial charge in [-0.1, -0.05) is 0 Å². The van der Waals surface area contributed by atoms with Crippen LogP contribution >= 0.6 is 0 Å². The standard InChI is InChI=1S/C11H18N2O/c1-8(6-12)7-13-9-2-3-10(13)5-11(14)4-9/h8-11,14H,2-5,7H2,1H3. The van der Waals surface area contributed by atoms with Crippen molar-refractivity contribution in [2.75, 3.05) is 6.54 Å². The zero-order valence-corrected chi connectivity index (χ0v) is 8.69. The monoisotopic (exact) mass is 194 g/mol.